The summed E-state index contributed by atoms with van der Waals surface area (Å²) in [7, 11) is 0. The molecule has 2 aliphatic rings. The monoisotopic (exact) mass is 438 g/mol. The fraction of sp³-hybridized carbons (Fsp3) is 0.458. The number of pyridine rings is 1. The number of anilines is 1. The van der Waals surface area contributed by atoms with Gasteiger partial charge in [-0.15, -0.1) is 11.8 Å². The van der Waals surface area contributed by atoms with Gasteiger partial charge in [0, 0.05) is 49.4 Å². The molecule has 2 amide bonds. The van der Waals surface area contributed by atoms with Crippen LogP contribution in [0.15, 0.2) is 47.6 Å². The van der Waals surface area contributed by atoms with Crippen molar-refractivity contribution in [1.82, 2.24) is 9.88 Å². The maximum absolute atomic E-state index is 13.2. The van der Waals surface area contributed by atoms with E-state index in [-0.39, 0.29) is 5.91 Å². The van der Waals surface area contributed by atoms with Gasteiger partial charge in [-0.1, -0.05) is 19.3 Å². The lowest BCUT2D eigenvalue weighted by molar-refractivity contribution is 0.0742. The molecule has 2 N–H and O–H groups in total. The number of rotatable bonds is 6. The van der Waals surface area contributed by atoms with Crippen molar-refractivity contribution in [2.45, 2.75) is 37.1 Å². The summed E-state index contributed by atoms with van der Waals surface area (Å²) in [6.07, 6.45) is 8.39. The van der Waals surface area contributed by atoms with E-state index in [1.54, 1.807) is 30.1 Å². The van der Waals surface area contributed by atoms with Crippen LogP contribution >= 0.6 is 11.8 Å². The SMILES string of the molecule is NC(=O)c1ccc(N2CCN(C(=O)c3cccnc3SCC3CCCCC3)CC2)cc1. The highest BCUT2D eigenvalue weighted by atomic mass is 32.2. The second kappa shape index (κ2) is 10.2. The van der Waals surface area contributed by atoms with E-state index in [1.165, 1.54) is 32.1 Å². The van der Waals surface area contributed by atoms with Crippen LogP contribution in [0.2, 0.25) is 0 Å². The number of carbonyl (C=O) groups excluding carboxylic acids is 2. The van der Waals surface area contributed by atoms with Crippen LogP contribution in [0.4, 0.5) is 5.69 Å². The molecular weight excluding hydrogens is 408 g/mol. The van der Waals surface area contributed by atoms with Crippen molar-refractivity contribution in [2.75, 3.05) is 36.8 Å². The number of nitrogens with zero attached hydrogens (tertiary/aromatic N) is 3. The van der Waals surface area contributed by atoms with E-state index in [4.69, 9.17) is 5.73 Å². The zero-order chi connectivity index (χ0) is 21.6. The van der Waals surface area contributed by atoms with Crippen LogP contribution in [0, 0.1) is 5.92 Å². The fourth-order valence-corrected chi connectivity index (χ4v) is 5.57. The fourth-order valence-electron chi connectivity index (χ4n) is 4.39. The number of hydrogen-bond donors (Lipinski definition) is 1. The van der Waals surface area contributed by atoms with Gasteiger partial charge in [0.2, 0.25) is 5.91 Å². The molecule has 0 bridgehead atoms. The first-order valence-corrected chi connectivity index (χ1v) is 12.1. The van der Waals surface area contributed by atoms with Crippen LogP contribution in [0.3, 0.4) is 0 Å². The van der Waals surface area contributed by atoms with E-state index in [9.17, 15) is 9.59 Å². The summed E-state index contributed by atoms with van der Waals surface area (Å²) in [5, 5.41) is 0.863. The predicted octanol–water partition coefficient (Wildman–Crippen LogP) is 3.82. The molecule has 1 aromatic heterocycles. The lowest BCUT2D eigenvalue weighted by atomic mass is 9.91. The first-order chi connectivity index (χ1) is 15.1. The van der Waals surface area contributed by atoms with Gasteiger partial charge in [-0.05, 0) is 55.2 Å². The Balaban J connectivity index is 1.35. The topological polar surface area (TPSA) is 79.5 Å². The van der Waals surface area contributed by atoms with Crippen LogP contribution in [-0.4, -0.2) is 53.6 Å². The summed E-state index contributed by atoms with van der Waals surface area (Å²) < 4.78 is 0. The van der Waals surface area contributed by atoms with Crippen LogP contribution < -0.4 is 10.6 Å². The quantitative estimate of drug-likeness (QED) is 0.694. The molecule has 2 heterocycles. The summed E-state index contributed by atoms with van der Waals surface area (Å²) in [6.45, 7) is 2.84. The van der Waals surface area contributed by atoms with Crippen molar-refractivity contribution in [1.29, 1.82) is 0 Å². The number of aromatic nitrogens is 1. The van der Waals surface area contributed by atoms with Gasteiger partial charge in [0.15, 0.2) is 0 Å². The van der Waals surface area contributed by atoms with Gasteiger partial charge >= 0.3 is 0 Å². The molecule has 1 aliphatic carbocycles. The third-order valence-electron chi connectivity index (χ3n) is 6.27. The Morgan fingerprint density at radius 3 is 2.39 bits per heavy atom. The van der Waals surface area contributed by atoms with Crippen molar-refractivity contribution < 1.29 is 9.59 Å². The first kappa shape index (κ1) is 21.7. The van der Waals surface area contributed by atoms with Crippen LogP contribution in [0.25, 0.3) is 0 Å². The van der Waals surface area contributed by atoms with Crippen molar-refractivity contribution in [3.05, 3.63) is 53.7 Å². The van der Waals surface area contributed by atoms with Gasteiger partial charge in [-0.3, -0.25) is 9.59 Å². The number of amides is 2. The first-order valence-electron chi connectivity index (χ1n) is 11.1. The maximum atomic E-state index is 13.2. The third-order valence-corrected chi connectivity index (χ3v) is 7.50. The highest BCUT2D eigenvalue weighted by molar-refractivity contribution is 7.99. The van der Waals surface area contributed by atoms with E-state index < -0.39 is 5.91 Å². The summed E-state index contributed by atoms with van der Waals surface area (Å²) in [6, 6.07) is 11.1. The molecule has 0 spiro atoms. The Labute approximate surface area is 188 Å². The van der Waals surface area contributed by atoms with Crippen molar-refractivity contribution in [3.8, 4) is 0 Å². The molecule has 2 fully saturated rings. The zero-order valence-electron chi connectivity index (χ0n) is 17.8. The number of thioether (sulfide) groups is 1. The molecule has 0 atom stereocenters. The number of hydrogen-bond acceptors (Lipinski definition) is 5. The molecule has 7 heteroatoms. The molecule has 1 aliphatic heterocycles. The van der Waals surface area contributed by atoms with E-state index in [0.29, 0.717) is 18.7 Å². The maximum Gasteiger partial charge on any atom is 0.256 e. The Hall–Kier alpha value is -2.54. The minimum absolute atomic E-state index is 0.0722. The summed E-state index contributed by atoms with van der Waals surface area (Å²) in [5.41, 5.74) is 7.60. The molecule has 164 valence electrons. The smallest absolute Gasteiger partial charge is 0.256 e. The molecule has 6 nitrogen and oxygen atoms in total. The molecule has 0 radical (unpaired) electrons. The number of benzene rings is 1. The number of carbonyl (C=O) groups is 2. The molecule has 0 unspecified atom stereocenters. The summed E-state index contributed by atoms with van der Waals surface area (Å²) in [4.78, 5) is 33.2. The van der Waals surface area contributed by atoms with Gasteiger partial charge in [-0.2, -0.15) is 0 Å². The van der Waals surface area contributed by atoms with E-state index in [1.807, 2.05) is 29.2 Å². The Morgan fingerprint density at radius 1 is 1.00 bits per heavy atom. The van der Waals surface area contributed by atoms with Gasteiger partial charge in [0.25, 0.3) is 5.91 Å². The average Bonchev–Trinajstić information content (AvgIpc) is 2.83. The molecule has 1 aromatic carbocycles. The predicted molar refractivity (Wildman–Crippen MR) is 125 cm³/mol. The number of nitrogens with two attached hydrogens (primary N) is 1. The Kier molecular flexibility index (Phi) is 7.12. The van der Waals surface area contributed by atoms with Crippen molar-refractivity contribution in [3.63, 3.8) is 0 Å². The molecular formula is C24H30N4O2S. The molecule has 4 rings (SSSR count). The standard InChI is InChI=1S/C24H30N4O2S/c25-22(29)19-8-10-20(11-9-19)27-13-15-28(16-14-27)24(30)21-7-4-12-26-23(21)31-17-18-5-2-1-3-6-18/h4,7-12,18H,1-3,5-6,13-17H2,(H2,25,29). The second-order valence-corrected chi connectivity index (χ2v) is 9.37. The lowest BCUT2D eigenvalue weighted by Crippen LogP contribution is -2.49. The van der Waals surface area contributed by atoms with Gasteiger partial charge in [0.05, 0.1) is 5.56 Å². The van der Waals surface area contributed by atoms with E-state index in [0.717, 1.165) is 41.0 Å². The highest BCUT2D eigenvalue weighted by Crippen LogP contribution is 2.31. The average molecular weight is 439 g/mol. The van der Waals surface area contributed by atoms with Crippen LogP contribution in [-0.2, 0) is 0 Å². The van der Waals surface area contributed by atoms with Crippen molar-refractivity contribution in [2.24, 2.45) is 11.7 Å². The molecule has 31 heavy (non-hydrogen) atoms. The lowest BCUT2D eigenvalue weighted by Gasteiger charge is -2.36. The van der Waals surface area contributed by atoms with E-state index >= 15 is 0 Å². The summed E-state index contributed by atoms with van der Waals surface area (Å²) in [5.74, 6) is 1.44. The van der Waals surface area contributed by atoms with Gasteiger partial charge < -0.3 is 15.5 Å². The highest BCUT2D eigenvalue weighted by Gasteiger charge is 2.25. The minimum atomic E-state index is -0.421. The van der Waals surface area contributed by atoms with Crippen LogP contribution in [0.5, 0.6) is 0 Å². The Morgan fingerprint density at radius 2 is 1.71 bits per heavy atom. The van der Waals surface area contributed by atoms with E-state index in [2.05, 4.69) is 9.88 Å². The van der Waals surface area contributed by atoms with Gasteiger partial charge in [-0.25, -0.2) is 4.98 Å². The molecule has 2 aromatic rings. The largest absolute Gasteiger partial charge is 0.368 e. The number of piperazine rings is 1. The zero-order valence-corrected chi connectivity index (χ0v) is 18.7. The second-order valence-electron chi connectivity index (χ2n) is 8.36. The molecule has 1 saturated heterocycles. The normalized spacial score (nSPS) is 17.5. The van der Waals surface area contributed by atoms with Gasteiger partial charge in [0.1, 0.15) is 5.03 Å². The van der Waals surface area contributed by atoms with Crippen LogP contribution in [0.1, 0.15) is 52.8 Å². The number of primary amides is 1. The van der Waals surface area contributed by atoms with Crippen molar-refractivity contribution >= 4 is 29.3 Å². The molecule has 1 saturated carbocycles. The summed E-state index contributed by atoms with van der Waals surface area (Å²) >= 11 is 1.74. The Bertz CT molecular complexity index is 904. The minimum Gasteiger partial charge on any atom is -0.368 e. The third kappa shape index (κ3) is 5.39.